The van der Waals surface area contributed by atoms with Gasteiger partial charge in [-0.2, -0.15) is 11.8 Å². The fourth-order valence-corrected chi connectivity index (χ4v) is 4.65. The Balaban J connectivity index is 1.73. The van der Waals surface area contributed by atoms with Gasteiger partial charge in [0.2, 0.25) is 0 Å². The summed E-state index contributed by atoms with van der Waals surface area (Å²) in [6, 6.07) is 4.60. The van der Waals surface area contributed by atoms with Crippen molar-refractivity contribution in [2.24, 2.45) is 17.8 Å². The van der Waals surface area contributed by atoms with Crippen LogP contribution in [0.15, 0.2) is 18.2 Å². The van der Waals surface area contributed by atoms with Crippen molar-refractivity contribution >= 4 is 17.7 Å². The summed E-state index contributed by atoms with van der Waals surface area (Å²) >= 11 is 1.53. The van der Waals surface area contributed by atoms with E-state index in [0.29, 0.717) is 28.7 Å². The number of aliphatic hydroxyl groups excluding tert-OH is 1. The third-order valence-corrected chi connectivity index (χ3v) is 5.80. The van der Waals surface area contributed by atoms with Gasteiger partial charge in [-0.15, -0.1) is 0 Å². The minimum Gasteiger partial charge on any atom is -0.396 e. The molecule has 1 aromatic carbocycles. The van der Waals surface area contributed by atoms with E-state index in [1.807, 2.05) is 6.26 Å². The highest BCUT2D eigenvalue weighted by Crippen LogP contribution is 2.48. The third-order valence-electron chi connectivity index (χ3n) is 5.20. The maximum absolute atomic E-state index is 13.7. The second-order valence-corrected chi connectivity index (χ2v) is 7.28. The van der Waals surface area contributed by atoms with Crippen LogP contribution in [-0.2, 0) is 5.75 Å². The Labute approximate surface area is 134 Å². The Morgan fingerprint density at radius 1 is 1.41 bits per heavy atom. The van der Waals surface area contributed by atoms with Gasteiger partial charge in [-0.3, -0.25) is 4.79 Å². The van der Waals surface area contributed by atoms with Gasteiger partial charge in [0.1, 0.15) is 5.82 Å². The number of hydrogen-bond donors (Lipinski definition) is 2. The van der Waals surface area contributed by atoms with Crippen LogP contribution in [-0.4, -0.2) is 29.9 Å². The van der Waals surface area contributed by atoms with Crippen molar-refractivity contribution in [3.8, 4) is 0 Å². The molecule has 4 unspecified atom stereocenters. The van der Waals surface area contributed by atoms with Gasteiger partial charge >= 0.3 is 0 Å². The zero-order valence-corrected chi connectivity index (χ0v) is 13.5. The maximum atomic E-state index is 13.7. The highest BCUT2D eigenvalue weighted by Gasteiger charge is 2.47. The third kappa shape index (κ3) is 2.88. The first kappa shape index (κ1) is 15.8. The number of rotatable bonds is 5. The van der Waals surface area contributed by atoms with Crippen molar-refractivity contribution in [1.29, 1.82) is 0 Å². The van der Waals surface area contributed by atoms with Crippen LogP contribution >= 0.6 is 11.8 Å². The summed E-state index contributed by atoms with van der Waals surface area (Å²) in [5.74, 6) is 1.34. The second kappa shape index (κ2) is 6.59. The zero-order valence-electron chi connectivity index (χ0n) is 12.7. The predicted octanol–water partition coefficient (Wildman–Crippen LogP) is 2.83. The van der Waals surface area contributed by atoms with Gasteiger partial charge in [0.25, 0.3) is 5.91 Å². The summed E-state index contributed by atoms with van der Waals surface area (Å²) in [4.78, 5) is 12.5. The number of carbonyl (C=O) groups excluding carboxylic acids is 1. The van der Waals surface area contributed by atoms with Gasteiger partial charge in [-0.05, 0) is 61.1 Å². The summed E-state index contributed by atoms with van der Waals surface area (Å²) in [5.41, 5.74) is 1.07. The molecule has 120 valence electrons. The Bertz CT molecular complexity index is 566. The molecule has 1 aromatic rings. The molecular formula is C17H22FNO2S. The Morgan fingerprint density at radius 2 is 2.18 bits per heavy atom. The van der Waals surface area contributed by atoms with E-state index in [0.717, 1.165) is 19.3 Å². The van der Waals surface area contributed by atoms with Crippen LogP contribution in [0.25, 0.3) is 0 Å². The first-order valence-corrected chi connectivity index (χ1v) is 9.22. The van der Waals surface area contributed by atoms with Crippen LogP contribution in [0.1, 0.15) is 35.2 Å². The van der Waals surface area contributed by atoms with Gasteiger partial charge in [-0.1, -0.05) is 0 Å². The van der Waals surface area contributed by atoms with Gasteiger partial charge in [0.15, 0.2) is 0 Å². The number of benzene rings is 1. The van der Waals surface area contributed by atoms with Crippen molar-refractivity contribution in [1.82, 2.24) is 5.32 Å². The monoisotopic (exact) mass is 323 g/mol. The molecule has 2 aliphatic carbocycles. The fourth-order valence-electron chi connectivity index (χ4n) is 4.11. The lowest BCUT2D eigenvalue weighted by atomic mass is 9.85. The van der Waals surface area contributed by atoms with Gasteiger partial charge in [0.05, 0.1) is 0 Å². The van der Waals surface area contributed by atoms with E-state index >= 15 is 0 Å². The average molecular weight is 323 g/mol. The van der Waals surface area contributed by atoms with Crippen LogP contribution in [0.2, 0.25) is 0 Å². The van der Waals surface area contributed by atoms with Crippen LogP contribution in [0.4, 0.5) is 4.39 Å². The molecule has 2 bridgehead atoms. The molecule has 4 atom stereocenters. The lowest BCUT2D eigenvalue weighted by Crippen LogP contribution is -2.45. The first-order valence-electron chi connectivity index (χ1n) is 7.83. The predicted molar refractivity (Wildman–Crippen MR) is 86.3 cm³/mol. The van der Waals surface area contributed by atoms with Gasteiger partial charge in [0, 0.05) is 29.9 Å². The summed E-state index contributed by atoms with van der Waals surface area (Å²) in [6.45, 7) is 0.132. The number of halogens is 1. The van der Waals surface area contributed by atoms with E-state index < -0.39 is 0 Å². The maximum Gasteiger partial charge on any atom is 0.251 e. The van der Waals surface area contributed by atoms with E-state index in [9.17, 15) is 14.3 Å². The summed E-state index contributed by atoms with van der Waals surface area (Å²) < 4.78 is 13.7. The molecule has 5 heteroatoms. The van der Waals surface area contributed by atoms with Crippen molar-refractivity contribution in [3.05, 3.63) is 35.1 Å². The molecule has 0 radical (unpaired) electrons. The Hall–Kier alpha value is -1.07. The van der Waals surface area contributed by atoms with Crippen LogP contribution < -0.4 is 5.32 Å². The molecule has 2 fully saturated rings. The van der Waals surface area contributed by atoms with Crippen molar-refractivity contribution < 1.29 is 14.3 Å². The smallest absolute Gasteiger partial charge is 0.251 e. The number of aliphatic hydroxyl groups is 1. The van der Waals surface area contributed by atoms with E-state index in [1.165, 1.54) is 23.9 Å². The fraction of sp³-hybridized carbons (Fsp3) is 0.588. The molecule has 0 spiro atoms. The van der Waals surface area contributed by atoms with Crippen molar-refractivity contribution in [2.45, 2.75) is 31.1 Å². The normalized spacial score (nSPS) is 29.8. The second-order valence-electron chi connectivity index (χ2n) is 6.42. The molecular weight excluding hydrogens is 301 g/mol. The molecule has 3 nitrogen and oxygen atoms in total. The molecule has 3 rings (SSSR count). The minimum absolute atomic E-state index is 0.0605. The zero-order chi connectivity index (χ0) is 15.7. The average Bonchev–Trinajstić information content (AvgIpc) is 3.10. The molecule has 2 aliphatic rings. The van der Waals surface area contributed by atoms with E-state index in [4.69, 9.17) is 0 Å². The highest BCUT2D eigenvalue weighted by atomic mass is 32.2. The number of carbonyl (C=O) groups is 1. The molecule has 1 amide bonds. The van der Waals surface area contributed by atoms with E-state index in [2.05, 4.69) is 5.32 Å². The number of fused-ring (bicyclic) bond motifs is 2. The molecule has 0 heterocycles. The molecule has 22 heavy (non-hydrogen) atoms. The molecule has 0 saturated heterocycles. The molecule has 2 saturated carbocycles. The molecule has 0 aliphatic heterocycles. The van der Waals surface area contributed by atoms with E-state index in [1.54, 1.807) is 6.07 Å². The lowest BCUT2D eigenvalue weighted by molar-refractivity contribution is 0.0861. The quantitative estimate of drug-likeness (QED) is 0.876. The van der Waals surface area contributed by atoms with Crippen LogP contribution in [0, 0.1) is 23.6 Å². The van der Waals surface area contributed by atoms with Crippen LogP contribution in [0.3, 0.4) is 0 Å². The van der Waals surface area contributed by atoms with Crippen molar-refractivity contribution in [3.63, 3.8) is 0 Å². The molecule has 2 N–H and O–H groups in total. The number of thioether (sulfide) groups is 1. The van der Waals surface area contributed by atoms with Crippen molar-refractivity contribution in [2.75, 3.05) is 12.9 Å². The largest absolute Gasteiger partial charge is 0.396 e. The number of nitrogens with one attached hydrogen (secondary N) is 1. The van der Waals surface area contributed by atoms with E-state index in [-0.39, 0.29) is 30.3 Å². The summed E-state index contributed by atoms with van der Waals surface area (Å²) in [6.07, 6.45) is 5.31. The standard InChI is InChI=1S/C17H22FNO2S/c1-22-9-13-7-12(4-5-15(13)18)17(21)19-16-11-3-2-10(6-11)14(16)8-20/h4-5,7,10-11,14,16,20H,2-3,6,8-9H2,1H3,(H,19,21). The summed E-state index contributed by atoms with van der Waals surface area (Å²) in [7, 11) is 0. The Morgan fingerprint density at radius 3 is 2.91 bits per heavy atom. The Kier molecular flexibility index (Phi) is 4.73. The number of amides is 1. The van der Waals surface area contributed by atoms with Gasteiger partial charge in [-0.25, -0.2) is 4.39 Å². The molecule has 0 aromatic heterocycles. The highest BCUT2D eigenvalue weighted by molar-refractivity contribution is 7.97. The van der Waals surface area contributed by atoms with Crippen LogP contribution in [0.5, 0.6) is 0 Å². The SMILES string of the molecule is CSCc1cc(C(=O)NC2C3CCC(C3)C2CO)ccc1F. The first-order chi connectivity index (χ1) is 10.6. The minimum atomic E-state index is -0.265. The summed E-state index contributed by atoms with van der Waals surface area (Å²) in [5, 5.41) is 12.7. The lowest BCUT2D eigenvalue weighted by Gasteiger charge is -2.30. The van der Waals surface area contributed by atoms with Gasteiger partial charge < -0.3 is 10.4 Å². The topological polar surface area (TPSA) is 49.3 Å². The number of hydrogen-bond acceptors (Lipinski definition) is 3.